The second kappa shape index (κ2) is 6.36. The summed E-state index contributed by atoms with van der Waals surface area (Å²) < 4.78 is 0. The Labute approximate surface area is 140 Å². The van der Waals surface area contributed by atoms with E-state index in [1.54, 1.807) is 12.4 Å². The molecule has 1 aromatic heterocycles. The van der Waals surface area contributed by atoms with Crippen LogP contribution in [0.25, 0.3) is 22.2 Å². The molecular weight excluding hydrogens is 292 g/mol. The molecule has 0 unspecified atom stereocenters. The van der Waals surface area contributed by atoms with Gasteiger partial charge in [-0.2, -0.15) is 0 Å². The summed E-state index contributed by atoms with van der Waals surface area (Å²) in [4.78, 5) is 8.69. The van der Waals surface area contributed by atoms with Crippen LogP contribution >= 0.6 is 0 Å². The van der Waals surface area contributed by atoms with Crippen molar-refractivity contribution in [3.05, 3.63) is 96.3 Å². The number of aromatic nitrogens is 2. The van der Waals surface area contributed by atoms with Gasteiger partial charge in [0.2, 0.25) is 0 Å². The van der Waals surface area contributed by atoms with Crippen molar-refractivity contribution in [1.29, 1.82) is 0 Å². The predicted octanol–water partition coefficient (Wildman–Crippen LogP) is 4.70. The van der Waals surface area contributed by atoms with Crippen LogP contribution in [0, 0.1) is 11.8 Å². The van der Waals surface area contributed by atoms with Gasteiger partial charge in [-0.15, -0.1) is 0 Å². The fraction of sp³-hybridized carbons (Fsp3) is 0. The molecule has 0 atom stereocenters. The van der Waals surface area contributed by atoms with E-state index in [0.29, 0.717) is 0 Å². The first-order valence-corrected chi connectivity index (χ1v) is 7.77. The molecule has 0 radical (unpaired) electrons. The largest absolute Gasteiger partial charge is 0.253 e. The highest BCUT2D eigenvalue weighted by molar-refractivity contribution is 5.80. The standard InChI is InChI=1S/C22H14N2/c1-2-5-18(6-3-1)19-12-9-17(10-13-19)11-14-20-7-4-8-21-22(20)24-16-15-23-21/h1-10,12-13,15-16H. The summed E-state index contributed by atoms with van der Waals surface area (Å²) in [5, 5.41) is 0. The molecule has 0 spiro atoms. The molecule has 0 aliphatic rings. The van der Waals surface area contributed by atoms with E-state index in [4.69, 9.17) is 0 Å². The fourth-order valence-corrected chi connectivity index (χ4v) is 2.61. The fourth-order valence-electron chi connectivity index (χ4n) is 2.61. The molecule has 0 bridgehead atoms. The Bertz CT molecular complexity index is 1030. The first-order chi connectivity index (χ1) is 11.9. The van der Waals surface area contributed by atoms with Crippen LogP contribution in [-0.2, 0) is 0 Å². The van der Waals surface area contributed by atoms with Crippen LogP contribution in [0.4, 0.5) is 0 Å². The molecule has 0 amide bonds. The van der Waals surface area contributed by atoms with Gasteiger partial charge in [-0.25, -0.2) is 0 Å². The normalized spacial score (nSPS) is 10.2. The highest BCUT2D eigenvalue weighted by Crippen LogP contribution is 2.19. The van der Waals surface area contributed by atoms with Gasteiger partial charge in [0.25, 0.3) is 0 Å². The van der Waals surface area contributed by atoms with Gasteiger partial charge in [-0.1, -0.05) is 60.4 Å². The third kappa shape index (κ3) is 2.88. The van der Waals surface area contributed by atoms with Gasteiger partial charge in [-0.3, -0.25) is 9.97 Å². The van der Waals surface area contributed by atoms with Crippen molar-refractivity contribution in [3.63, 3.8) is 0 Å². The quantitative estimate of drug-likeness (QED) is 0.476. The van der Waals surface area contributed by atoms with Crippen LogP contribution in [0.1, 0.15) is 11.1 Å². The van der Waals surface area contributed by atoms with Gasteiger partial charge in [0.05, 0.1) is 11.1 Å². The number of nitrogens with zero attached hydrogens (tertiary/aromatic N) is 2. The zero-order chi connectivity index (χ0) is 16.2. The van der Waals surface area contributed by atoms with Crippen LogP contribution < -0.4 is 0 Å². The average molecular weight is 306 g/mol. The Hall–Kier alpha value is -3.44. The van der Waals surface area contributed by atoms with Gasteiger partial charge in [0.15, 0.2) is 0 Å². The maximum absolute atomic E-state index is 4.38. The summed E-state index contributed by atoms with van der Waals surface area (Å²) in [5.74, 6) is 6.42. The summed E-state index contributed by atoms with van der Waals surface area (Å²) in [6.45, 7) is 0. The van der Waals surface area contributed by atoms with Crippen LogP contribution in [0.2, 0.25) is 0 Å². The van der Waals surface area contributed by atoms with Crippen molar-refractivity contribution in [1.82, 2.24) is 9.97 Å². The zero-order valence-electron chi connectivity index (χ0n) is 13.0. The molecular formula is C22H14N2. The third-order valence-corrected chi connectivity index (χ3v) is 3.83. The van der Waals surface area contributed by atoms with Gasteiger partial charge < -0.3 is 0 Å². The number of fused-ring (bicyclic) bond motifs is 1. The van der Waals surface area contributed by atoms with E-state index < -0.39 is 0 Å². The zero-order valence-corrected chi connectivity index (χ0v) is 13.0. The second-order valence-corrected chi connectivity index (χ2v) is 5.42. The first kappa shape index (κ1) is 14.2. The van der Waals surface area contributed by atoms with Crippen LogP contribution in [-0.4, -0.2) is 9.97 Å². The lowest BCUT2D eigenvalue weighted by atomic mass is 10.0. The van der Waals surface area contributed by atoms with Gasteiger partial charge in [0.1, 0.15) is 5.52 Å². The summed E-state index contributed by atoms with van der Waals surface area (Å²) in [6.07, 6.45) is 3.39. The first-order valence-electron chi connectivity index (χ1n) is 7.77. The summed E-state index contributed by atoms with van der Waals surface area (Å²) in [5.41, 5.74) is 5.99. The van der Waals surface area contributed by atoms with Gasteiger partial charge >= 0.3 is 0 Å². The minimum atomic E-state index is 0.841. The Morgan fingerprint density at radius 2 is 1.33 bits per heavy atom. The van der Waals surface area contributed by atoms with E-state index in [0.717, 1.165) is 22.2 Å². The van der Waals surface area contributed by atoms with Crippen LogP contribution in [0.15, 0.2) is 85.2 Å². The van der Waals surface area contributed by atoms with Crippen molar-refractivity contribution < 1.29 is 0 Å². The number of benzene rings is 3. The van der Waals surface area contributed by atoms with Gasteiger partial charge in [0, 0.05) is 18.0 Å². The SMILES string of the molecule is C(#Cc1cccc2nccnc12)c1ccc(-c2ccccc2)cc1. The molecule has 0 N–H and O–H groups in total. The molecule has 0 aliphatic heterocycles. The monoisotopic (exact) mass is 306 g/mol. The Morgan fingerprint density at radius 1 is 0.583 bits per heavy atom. The highest BCUT2D eigenvalue weighted by Gasteiger charge is 1.99. The summed E-state index contributed by atoms with van der Waals surface area (Å²) >= 11 is 0. The van der Waals surface area contributed by atoms with Gasteiger partial charge in [-0.05, 0) is 35.4 Å². The molecule has 24 heavy (non-hydrogen) atoms. The molecule has 2 nitrogen and oxygen atoms in total. The van der Waals surface area contributed by atoms with E-state index in [-0.39, 0.29) is 0 Å². The second-order valence-electron chi connectivity index (χ2n) is 5.42. The molecule has 112 valence electrons. The molecule has 0 saturated heterocycles. The number of hydrogen-bond donors (Lipinski definition) is 0. The number of rotatable bonds is 1. The van der Waals surface area contributed by atoms with E-state index >= 15 is 0 Å². The van der Waals surface area contributed by atoms with E-state index in [1.807, 2.05) is 48.5 Å². The summed E-state index contributed by atoms with van der Waals surface area (Å²) in [6, 6.07) is 24.5. The van der Waals surface area contributed by atoms with Crippen molar-refractivity contribution in [3.8, 4) is 23.0 Å². The predicted molar refractivity (Wildman–Crippen MR) is 97.4 cm³/mol. The highest BCUT2D eigenvalue weighted by atomic mass is 14.8. The lowest BCUT2D eigenvalue weighted by Gasteiger charge is -2.01. The van der Waals surface area contributed by atoms with Crippen LogP contribution in [0.3, 0.4) is 0 Å². The lowest BCUT2D eigenvalue weighted by Crippen LogP contribution is -1.86. The van der Waals surface area contributed by atoms with Crippen molar-refractivity contribution in [2.24, 2.45) is 0 Å². The summed E-state index contributed by atoms with van der Waals surface area (Å²) in [7, 11) is 0. The van der Waals surface area contributed by atoms with Crippen LogP contribution in [0.5, 0.6) is 0 Å². The lowest BCUT2D eigenvalue weighted by molar-refractivity contribution is 1.29. The molecule has 1 heterocycles. The maximum Gasteiger partial charge on any atom is 0.104 e. The molecule has 0 fully saturated rings. The topological polar surface area (TPSA) is 25.8 Å². The van der Waals surface area contributed by atoms with E-state index in [9.17, 15) is 0 Å². The number of para-hydroxylation sites is 1. The Kier molecular flexibility index (Phi) is 3.75. The van der Waals surface area contributed by atoms with Crippen molar-refractivity contribution in [2.75, 3.05) is 0 Å². The average Bonchev–Trinajstić information content (AvgIpc) is 2.67. The third-order valence-electron chi connectivity index (χ3n) is 3.83. The molecule has 0 aliphatic carbocycles. The maximum atomic E-state index is 4.38. The minimum absolute atomic E-state index is 0.841. The molecule has 2 heteroatoms. The Balaban J connectivity index is 1.66. The molecule has 0 saturated carbocycles. The number of hydrogen-bond acceptors (Lipinski definition) is 2. The molecule has 4 aromatic rings. The minimum Gasteiger partial charge on any atom is -0.253 e. The van der Waals surface area contributed by atoms with Crippen molar-refractivity contribution in [2.45, 2.75) is 0 Å². The van der Waals surface area contributed by atoms with E-state index in [1.165, 1.54) is 11.1 Å². The Morgan fingerprint density at radius 3 is 2.17 bits per heavy atom. The van der Waals surface area contributed by atoms with Crippen molar-refractivity contribution >= 4 is 11.0 Å². The molecule has 4 rings (SSSR count). The smallest absolute Gasteiger partial charge is 0.104 e. The molecule has 3 aromatic carbocycles. The van der Waals surface area contributed by atoms with E-state index in [2.05, 4.69) is 46.1 Å².